The third-order valence-electron chi connectivity index (χ3n) is 7.67. The van der Waals surface area contributed by atoms with Gasteiger partial charge < -0.3 is 14.5 Å². The van der Waals surface area contributed by atoms with E-state index in [0.29, 0.717) is 48.7 Å². The number of pyridine rings is 1. The smallest absolute Gasteiger partial charge is 0.178 e. The molecule has 4 aliphatic heterocycles. The van der Waals surface area contributed by atoms with Crippen molar-refractivity contribution < 1.29 is 13.5 Å². The molecule has 6 heterocycles. The zero-order valence-electron chi connectivity index (χ0n) is 20.8. The summed E-state index contributed by atoms with van der Waals surface area (Å²) in [5.74, 6) is -0.480. The lowest BCUT2D eigenvalue weighted by atomic mass is 9.88. The molecule has 2 atom stereocenters. The number of ether oxygens (including phenoxy) is 1. The Kier molecular flexibility index (Phi) is 5.75. The van der Waals surface area contributed by atoms with E-state index >= 15 is 0 Å². The minimum absolute atomic E-state index is 0.0734. The van der Waals surface area contributed by atoms with E-state index in [-0.39, 0.29) is 17.5 Å². The number of benzene rings is 1. The largest absolute Gasteiger partial charge is 0.486 e. The van der Waals surface area contributed by atoms with Crippen LogP contribution in [0.25, 0.3) is 11.3 Å². The standard InChI is InChI=1S/C27H30F2N6O/c1-16(2)35-6-7-36-27-22(28)8-17(9-24(27)35)26-23(29)13-31-25(32-26)10-18-4-5-19(12-30-18)34-14-20-11-21(15-34)33(20)3/h4-5,8-9,12-13,16,20-21H,6-7,10-11,14-15H2,1-3H3. The molecular formula is C27H30F2N6O. The maximum absolute atomic E-state index is 14.9. The summed E-state index contributed by atoms with van der Waals surface area (Å²) in [7, 11) is 2.20. The summed E-state index contributed by atoms with van der Waals surface area (Å²) in [6.07, 6.45) is 4.68. The number of fused-ring (bicyclic) bond motifs is 3. The van der Waals surface area contributed by atoms with Crippen LogP contribution >= 0.6 is 0 Å². The monoisotopic (exact) mass is 492 g/mol. The van der Waals surface area contributed by atoms with Gasteiger partial charge in [-0.2, -0.15) is 0 Å². The molecule has 3 fully saturated rings. The van der Waals surface area contributed by atoms with Crippen molar-refractivity contribution in [1.29, 1.82) is 0 Å². The van der Waals surface area contributed by atoms with E-state index in [1.165, 1.54) is 12.5 Å². The first kappa shape index (κ1) is 23.1. The van der Waals surface area contributed by atoms with Crippen LogP contribution in [-0.4, -0.2) is 71.3 Å². The van der Waals surface area contributed by atoms with Gasteiger partial charge in [0.15, 0.2) is 17.4 Å². The van der Waals surface area contributed by atoms with Gasteiger partial charge in [0.25, 0.3) is 0 Å². The fraction of sp³-hybridized carbons (Fsp3) is 0.444. The molecule has 36 heavy (non-hydrogen) atoms. The van der Waals surface area contributed by atoms with E-state index in [1.54, 1.807) is 6.07 Å². The fourth-order valence-corrected chi connectivity index (χ4v) is 5.54. The Balaban J connectivity index is 1.24. The van der Waals surface area contributed by atoms with Crippen LogP contribution in [0.3, 0.4) is 0 Å². The van der Waals surface area contributed by atoms with E-state index in [2.05, 4.69) is 42.8 Å². The number of piperidine rings is 1. The minimum Gasteiger partial charge on any atom is -0.486 e. The number of hydrogen-bond acceptors (Lipinski definition) is 7. The van der Waals surface area contributed by atoms with Gasteiger partial charge in [-0.05, 0) is 51.6 Å². The second-order valence-electron chi connectivity index (χ2n) is 10.2. The van der Waals surface area contributed by atoms with Crippen LogP contribution < -0.4 is 14.5 Å². The number of halogens is 2. The van der Waals surface area contributed by atoms with Crippen LogP contribution in [0.5, 0.6) is 5.75 Å². The van der Waals surface area contributed by atoms with Crippen LogP contribution in [-0.2, 0) is 6.42 Å². The Morgan fingerprint density at radius 3 is 2.56 bits per heavy atom. The molecule has 3 aromatic rings. The predicted molar refractivity (Wildman–Crippen MR) is 135 cm³/mol. The van der Waals surface area contributed by atoms with Crippen molar-refractivity contribution >= 4 is 11.4 Å². The van der Waals surface area contributed by atoms with Crippen LogP contribution in [0.2, 0.25) is 0 Å². The van der Waals surface area contributed by atoms with E-state index in [1.807, 2.05) is 26.1 Å². The molecule has 0 saturated carbocycles. The molecule has 4 aliphatic rings. The molecule has 7 nitrogen and oxygen atoms in total. The zero-order valence-corrected chi connectivity index (χ0v) is 20.8. The van der Waals surface area contributed by atoms with Gasteiger partial charge in [0.1, 0.15) is 18.1 Å². The maximum atomic E-state index is 14.9. The molecule has 0 radical (unpaired) electrons. The van der Waals surface area contributed by atoms with Crippen molar-refractivity contribution in [2.24, 2.45) is 0 Å². The van der Waals surface area contributed by atoms with Crippen molar-refractivity contribution in [1.82, 2.24) is 19.9 Å². The third kappa shape index (κ3) is 4.05. The van der Waals surface area contributed by atoms with Gasteiger partial charge in [0.05, 0.1) is 36.7 Å². The van der Waals surface area contributed by atoms with E-state index in [4.69, 9.17) is 4.74 Å². The first-order chi connectivity index (χ1) is 17.4. The van der Waals surface area contributed by atoms with Crippen molar-refractivity contribution in [2.45, 2.75) is 44.8 Å². The lowest BCUT2D eigenvalue weighted by Gasteiger charge is -2.55. The van der Waals surface area contributed by atoms with E-state index in [9.17, 15) is 8.78 Å². The molecule has 0 spiro atoms. The Bertz CT molecular complexity index is 1270. The number of hydrogen-bond donors (Lipinski definition) is 0. The van der Waals surface area contributed by atoms with Crippen LogP contribution in [0.1, 0.15) is 31.8 Å². The summed E-state index contributed by atoms with van der Waals surface area (Å²) >= 11 is 0. The number of piperazine rings is 1. The number of anilines is 2. The highest BCUT2D eigenvalue weighted by Gasteiger charge is 2.42. The second-order valence-corrected chi connectivity index (χ2v) is 10.2. The van der Waals surface area contributed by atoms with Gasteiger partial charge in [-0.3, -0.25) is 9.88 Å². The molecule has 1 aromatic carbocycles. The summed E-state index contributed by atoms with van der Waals surface area (Å²) in [5, 5.41) is 0. The molecule has 0 amide bonds. The number of aromatic nitrogens is 3. The molecule has 0 N–H and O–H groups in total. The van der Waals surface area contributed by atoms with E-state index in [0.717, 1.165) is 30.7 Å². The molecule has 2 bridgehead atoms. The third-order valence-corrected chi connectivity index (χ3v) is 7.67. The van der Waals surface area contributed by atoms with Crippen molar-refractivity contribution in [3.63, 3.8) is 0 Å². The van der Waals surface area contributed by atoms with Crippen molar-refractivity contribution in [3.8, 4) is 17.0 Å². The SMILES string of the molecule is CC(C)N1CCOc2c(F)cc(-c3nc(Cc4ccc(N5CC6CC(C5)N6C)cn4)ncc3F)cc21. The Hall–Kier alpha value is -3.33. The second kappa shape index (κ2) is 8.96. The average molecular weight is 493 g/mol. The van der Waals surface area contributed by atoms with Crippen LogP contribution in [0, 0.1) is 11.6 Å². The van der Waals surface area contributed by atoms with E-state index < -0.39 is 11.6 Å². The van der Waals surface area contributed by atoms with Gasteiger partial charge in [-0.1, -0.05) is 0 Å². The molecule has 7 rings (SSSR count). The highest BCUT2D eigenvalue weighted by molar-refractivity contribution is 5.72. The Labute approximate surface area is 209 Å². The molecule has 2 aromatic heterocycles. The van der Waals surface area contributed by atoms with Gasteiger partial charge in [0.2, 0.25) is 0 Å². The van der Waals surface area contributed by atoms with Crippen molar-refractivity contribution in [3.05, 3.63) is 59.8 Å². The lowest BCUT2D eigenvalue weighted by Crippen LogP contribution is -2.67. The predicted octanol–water partition coefficient (Wildman–Crippen LogP) is 3.91. The maximum Gasteiger partial charge on any atom is 0.178 e. The topological polar surface area (TPSA) is 57.6 Å². The van der Waals surface area contributed by atoms with Gasteiger partial charge in [-0.25, -0.2) is 18.7 Å². The highest BCUT2D eigenvalue weighted by atomic mass is 19.1. The number of nitrogens with zero attached hydrogens (tertiary/aromatic N) is 6. The minimum atomic E-state index is -0.595. The average Bonchev–Trinajstić information content (AvgIpc) is 2.89. The van der Waals surface area contributed by atoms with Crippen molar-refractivity contribution in [2.75, 3.05) is 43.1 Å². The molecule has 2 unspecified atom stereocenters. The summed E-state index contributed by atoms with van der Waals surface area (Å²) in [4.78, 5) is 20.2. The van der Waals surface area contributed by atoms with Crippen LogP contribution in [0.15, 0.2) is 36.7 Å². The summed E-state index contributed by atoms with van der Waals surface area (Å²) in [5.41, 5.74) is 2.96. The normalized spacial score (nSPS) is 21.3. The van der Waals surface area contributed by atoms with Gasteiger partial charge in [-0.15, -0.1) is 0 Å². The fourth-order valence-electron chi connectivity index (χ4n) is 5.54. The summed E-state index contributed by atoms with van der Waals surface area (Å²) in [6.45, 7) is 7.17. The first-order valence-corrected chi connectivity index (χ1v) is 12.5. The Morgan fingerprint density at radius 1 is 1.06 bits per heavy atom. The zero-order chi connectivity index (χ0) is 25.0. The molecule has 3 saturated heterocycles. The quantitative estimate of drug-likeness (QED) is 0.535. The molecule has 188 valence electrons. The van der Waals surface area contributed by atoms with Gasteiger partial charge >= 0.3 is 0 Å². The summed E-state index contributed by atoms with van der Waals surface area (Å²) < 4.78 is 35.3. The van der Waals surface area contributed by atoms with Gasteiger partial charge in [0, 0.05) is 42.5 Å². The summed E-state index contributed by atoms with van der Waals surface area (Å²) in [6, 6.07) is 8.49. The lowest BCUT2D eigenvalue weighted by molar-refractivity contribution is 0.0264. The molecule has 9 heteroatoms. The highest BCUT2D eigenvalue weighted by Crippen LogP contribution is 2.39. The number of rotatable bonds is 5. The number of likely N-dealkylation sites (N-methyl/N-ethyl adjacent to an activating group) is 1. The first-order valence-electron chi connectivity index (χ1n) is 12.5. The molecular weight excluding hydrogens is 462 g/mol. The molecule has 0 aliphatic carbocycles. The Morgan fingerprint density at radius 2 is 1.86 bits per heavy atom. The van der Waals surface area contributed by atoms with Crippen LogP contribution in [0.4, 0.5) is 20.2 Å².